The Morgan fingerprint density at radius 2 is 1.87 bits per heavy atom. The first-order chi connectivity index (χ1) is 15.0. The van der Waals surface area contributed by atoms with Gasteiger partial charge in [-0.15, -0.1) is 11.3 Å². The van der Waals surface area contributed by atoms with Crippen LogP contribution < -0.4 is 0 Å². The Balaban J connectivity index is 1.62. The monoisotopic (exact) mass is 436 g/mol. The fourth-order valence-corrected chi connectivity index (χ4v) is 4.96. The van der Waals surface area contributed by atoms with Crippen LogP contribution in [0.1, 0.15) is 56.4 Å². The standard InChI is InChI=1S/C23H24N4O3S/c1-14-9-10-16(21-26-19(15(2)31-21)23(29)30-3)13-27(14)22(28)18-8-5-4-7-17(18)20-24-11-6-12-25-20/h4-8,11-12,14,16H,9-10,13H2,1-3H3. The molecule has 8 heteroatoms. The quantitative estimate of drug-likeness (QED) is 0.573. The summed E-state index contributed by atoms with van der Waals surface area (Å²) >= 11 is 1.51. The lowest BCUT2D eigenvalue weighted by atomic mass is 9.92. The van der Waals surface area contributed by atoms with E-state index in [0.29, 0.717) is 23.6 Å². The van der Waals surface area contributed by atoms with E-state index in [1.54, 1.807) is 18.5 Å². The lowest BCUT2D eigenvalue weighted by Gasteiger charge is -2.37. The highest BCUT2D eigenvalue weighted by molar-refractivity contribution is 7.12. The predicted molar refractivity (Wildman–Crippen MR) is 118 cm³/mol. The number of esters is 1. The molecule has 160 valence electrons. The van der Waals surface area contributed by atoms with Crippen molar-refractivity contribution in [3.63, 3.8) is 0 Å². The van der Waals surface area contributed by atoms with Crippen molar-refractivity contribution in [2.24, 2.45) is 0 Å². The van der Waals surface area contributed by atoms with Gasteiger partial charge < -0.3 is 9.64 Å². The number of carbonyl (C=O) groups excluding carboxylic acids is 2. The Hall–Kier alpha value is -3.13. The van der Waals surface area contributed by atoms with E-state index in [9.17, 15) is 9.59 Å². The molecule has 1 aromatic carbocycles. The largest absolute Gasteiger partial charge is 0.464 e. The van der Waals surface area contributed by atoms with Gasteiger partial charge in [-0.3, -0.25) is 4.79 Å². The summed E-state index contributed by atoms with van der Waals surface area (Å²) in [6.45, 7) is 4.50. The number of likely N-dealkylation sites (tertiary alicyclic amines) is 1. The van der Waals surface area contributed by atoms with Crippen molar-refractivity contribution < 1.29 is 14.3 Å². The second-order valence-electron chi connectivity index (χ2n) is 7.65. The van der Waals surface area contributed by atoms with Crippen LogP contribution in [0.5, 0.6) is 0 Å². The number of nitrogens with zero attached hydrogens (tertiary/aromatic N) is 4. The van der Waals surface area contributed by atoms with E-state index < -0.39 is 5.97 Å². The molecule has 0 radical (unpaired) electrons. The molecule has 0 spiro atoms. The van der Waals surface area contributed by atoms with Gasteiger partial charge in [0.2, 0.25) is 0 Å². The van der Waals surface area contributed by atoms with Crippen LogP contribution in [0.3, 0.4) is 0 Å². The van der Waals surface area contributed by atoms with Crippen molar-refractivity contribution >= 4 is 23.2 Å². The number of hydrogen-bond acceptors (Lipinski definition) is 7. The molecule has 1 fully saturated rings. The summed E-state index contributed by atoms with van der Waals surface area (Å²) in [6.07, 6.45) is 5.13. The molecule has 31 heavy (non-hydrogen) atoms. The van der Waals surface area contributed by atoms with E-state index in [1.165, 1.54) is 18.4 Å². The maximum Gasteiger partial charge on any atom is 0.357 e. The minimum atomic E-state index is -0.422. The normalized spacial score (nSPS) is 18.6. The van der Waals surface area contributed by atoms with Gasteiger partial charge in [-0.05, 0) is 38.8 Å². The highest BCUT2D eigenvalue weighted by Gasteiger charge is 2.33. The van der Waals surface area contributed by atoms with E-state index in [2.05, 4.69) is 21.9 Å². The zero-order chi connectivity index (χ0) is 22.0. The maximum atomic E-state index is 13.6. The number of amides is 1. The number of ether oxygens (including phenoxy) is 1. The summed E-state index contributed by atoms with van der Waals surface area (Å²) in [6, 6.07) is 9.31. The smallest absolute Gasteiger partial charge is 0.357 e. The molecule has 2 atom stereocenters. The average molecular weight is 437 g/mol. The van der Waals surface area contributed by atoms with Crippen LogP contribution in [-0.2, 0) is 4.74 Å². The fraction of sp³-hybridized carbons (Fsp3) is 0.348. The van der Waals surface area contributed by atoms with Gasteiger partial charge in [0.1, 0.15) is 0 Å². The lowest BCUT2D eigenvalue weighted by molar-refractivity contribution is 0.0584. The number of hydrogen-bond donors (Lipinski definition) is 0. The van der Waals surface area contributed by atoms with Crippen LogP contribution in [0.2, 0.25) is 0 Å². The molecule has 0 saturated carbocycles. The highest BCUT2D eigenvalue weighted by atomic mass is 32.1. The van der Waals surface area contributed by atoms with Crippen molar-refractivity contribution in [1.82, 2.24) is 19.9 Å². The zero-order valence-corrected chi connectivity index (χ0v) is 18.6. The molecule has 2 unspecified atom stereocenters. The molecule has 1 aliphatic rings. The topological polar surface area (TPSA) is 85.3 Å². The molecule has 3 heterocycles. The second-order valence-corrected chi connectivity index (χ2v) is 8.88. The van der Waals surface area contributed by atoms with Crippen molar-refractivity contribution in [3.05, 3.63) is 63.9 Å². The molecule has 7 nitrogen and oxygen atoms in total. The molecule has 3 aromatic rings. The van der Waals surface area contributed by atoms with E-state index in [1.807, 2.05) is 36.1 Å². The number of aryl methyl sites for hydroxylation is 1. The number of thiazole rings is 1. The van der Waals surface area contributed by atoms with Crippen molar-refractivity contribution in [1.29, 1.82) is 0 Å². The molecule has 4 rings (SSSR count). The van der Waals surface area contributed by atoms with Crippen molar-refractivity contribution in [2.75, 3.05) is 13.7 Å². The number of piperidine rings is 1. The van der Waals surface area contributed by atoms with E-state index >= 15 is 0 Å². The third kappa shape index (κ3) is 4.20. The average Bonchev–Trinajstić information content (AvgIpc) is 3.20. The third-order valence-corrected chi connectivity index (χ3v) is 6.78. The molecular weight excluding hydrogens is 412 g/mol. The minimum absolute atomic E-state index is 0.0401. The summed E-state index contributed by atoms with van der Waals surface area (Å²) in [7, 11) is 1.36. The molecule has 1 amide bonds. The number of aromatic nitrogens is 3. The van der Waals surface area contributed by atoms with Crippen molar-refractivity contribution in [3.8, 4) is 11.4 Å². The fourth-order valence-electron chi connectivity index (χ4n) is 3.93. The van der Waals surface area contributed by atoms with Crippen molar-refractivity contribution in [2.45, 2.75) is 38.6 Å². The minimum Gasteiger partial charge on any atom is -0.464 e. The Bertz CT molecular complexity index is 1100. The van der Waals surface area contributed by atoms with Crippen LogP contribution in [-0.4, -0.2) is 51.4 Å². The molecule has 0 bridgehead atoms. The Morgan fingerprint density at radius 3 is 2.61 bits per heavy atom. The van der Waals surface area contributed by atoms with Crippen LogP contribution in [0.15, 0.2) is 42.7 Å². The molecule has 0 N–H and O–H groups in total. The molecule has 1 saturated heterocycles. The zero-order valence-electron chi connectivity index (χ0n) is 17.7. The molecular formula is C23H24N4O3S. The van der Waals surface area contributed by atoms with Crippen LogP contribution >= 0.6 is 11.3 Å². The summed E-state index contributed by atoms with van der Waals surface area (Å²) in [4.78, 5) is 41.5. The Morgan fingerprint density at radius 1 is 1.13 bits per heavy atom. The number of benzene rings is 1. The molecule has 0 aliphatic carbocycles. The highest BCUT2D eigenvalue weighted by Crippen LogP contribution is 2.35. The van der Waals surface area contributed by atoms with Crippen LogP contribution in [0.25, 0.3) is 11.4 Å². The van der Waals surface area contributed by atoms with E-state index in [-0.39, 0.29) is 17.9 Å². The molecule has 2 aromatic heterocycles. The Kier molecular flexibility index (Phi) is 6.08. The van der Waals surface area contributed by atoms with Gasteiger partial charge in [0.25, 0.3) is 5.91 Å². The van der Waals surface area contributed by atoms with Gasteiger partial charge in [0, 0.05) is 41.3 Å². The van der Waals surface area contributed by atoms with Crippen LogP contribution in [0.4, 0.5) is 0 Å². The van der Waals surface area contributed by atoms with Gasteiger partial charge in [-0.2, -0.15) is 0 Å². The number of rotatable bonds is 4. The van der Waals surface area contributed by atoms with Gasteiger partial charge >= 0.3 is 5.97 Å². The summed E-state index contributed by atoms with van der Waals surface area (Å²) in [5.41, 5.74) is 1.68. The van der Waals surface area contributed by atoms with Gasteiger partial charge in [-0.25, -0.2) is 19.7 Å². The second kappa shape index (κ2) is 8.93. The third-order valence-electron chi connectivity index (χ3n) is 5.65. The number of methoxy groups -OCH3 is 1. The predicted octanol–water partition coefficient (Wildman–Crippen LogP) is 4.10. The van der Waals surface area contributed by atoms with Gasteiger partial charge in [0.15, 0.2) is 11.5 Å². The summed E-state index contributed by atoms with van der Waals surface area (Å²) in [5, 5.41) is 0.877. The molecule has 1 aliphatic heterocycles. The van der Waals surface area contributed by atoms with E-state index in [0.717, 1.165) is 28.3 Å². The number of carbonyl (C=O) groups is 2. The Labute approximate surface area is 185 Å². The summed E-state index contributed by atoms with van der Waals surface area (Å²) in [5.74, 6) is 0.156. The SMILES string of the molecule is COC(=O)c1nc(C2CCC(C)N(C(=O)c3ccccc3-c3ncccn3)C2)sc1C. The first-order valence-corrected chi connectivity index (χ1v) is 11.0. The lowest BCUT2D eigenvalue weighted by Crippen LogP contribution is -2.45. The van der Waals surface area contributed by atoms with Gasteiger partial charge in [0.05, 0.1) is 17.7 Å². The maximum absolute atomic E-state index is 13.6. The van der Waals surface area contributed by atoms with E-state index in [4.69, 9.17) is 4.74 Å². The van der Waals surface area contributed by atoms with Crippen LogP contribution in [0, 0.1) is 6.92 Å². The first kappa shape index (κ1) is 21.1. The summed E-state index contributed by atoms with van der Waals surface area (Å²) < 4.78 is 4.84. The van der Waals surface area contributed by atoms with Gasteiger partial charge in [-0.1, -0.05) is 18.2 Å². The first-order valence-electron chi connectivity index (χ1n) is 10.2.